The summed E-state index contributed by atoms with van der Waals surface area (Å²) in [5.74, 6) is 1.18. The molecule has 2 aromatic rings. The van der Waals surface area contributed by atoms with Crippen molar-refractivity contribution in [2.45, 2.75) is 25.9 Å². The minimum absolute atomic E-state index is 0.0811. The Kier molecular flexibility index (Phi) is 2.59. The molecule has 96 valence electrons. The van der Waals surface area contributed by atoms with E-state index in [1.807, 2.05) is 30.6 Å². The molecule has 3 N–H and O–H groups in total. The smallest absolute Gasteiger partial charge is 0.237 e. The molecule has 0 spiro atoms. The molecule has 2 aromatic heterocycles. The first-order chi connectivity index (χ1) is 8.65. The van der Waals surface area contributed by atoms with Gasteiger partial charge in [0.1, 0.15) is 0 Å². The van der Waals surface area contributed by atoms with Crippen LogP contribution in [-0.4, -0.2) is 32.9 Å². The Morgan fingerprint density at radius 2 is 2.33 bits per heavy atom. The van der Waals surface area contributed by atoms with Crippen LogP contribution in [0.2, 0.25) is 0 Å². The predicted molar refractivity (Wildman–Crippen MR) is 67.1 cm³/mol. The third-order valence-electron chi connectivity index (χ3n) is 3.39. The SMILES string of the molecule is CC(C)[C@@H]1NC(c2cn3ccnc3[nH]2)CNC1=O. The number of hydrogen-bond donors (Lipinski definition) is 3. The number of carbonyl (C=O) groups is 1. The summed E-state index contributed by atoms with van der Waals surface area (Å²) in [5.41, 5.74) is 1.05. The highest BCUT2D eigenvalue weighted by molar-refractivity contribution is 5.82. The van der Waals surface area contributed by atoms with Gasteiger partial charge in [-0.2, -0.15) is 0 Å². The van der Waals surface area contributed by atoms with Crippen molar-refractivity contribution >= 4 is 11.7 Å². The lowest BCUT2D eigenvalue weighted by Crippen LogP contribution is -2.56. The molecule has 1 unspecified atom stereocenters. The van der Waals surface area contributed by atoms with E-state index in [-0.39, 0.29) is 23.9 Å². The lowest BCUT2D eigenvalue weighted by molar-refractivity contribution is -0.126. The third kappa shape index (κ3) is 1.78. The molecule has 0 aromatic carbocycles. The van der Waals surface area contributed by atoms with E-state index >= 15 is 0 Å². The van der Waals surface area contributed by atoms with Gasteiger partial charge in [0.2, 0.25) is 11.7 Å². The van der Waals surface area contributed by atoms with Crippen molar-refractivity contribution in [1.29, 1.82) is 0 Å². The number of aromatic nitrogens is 3. The van der Waals surface area contributed by atoms with Gasteiger partial charge < -0.3 is 10.3 Å². The average molecular weight is 247 g/mol. The van der Waals surface area contributed by atoms with Crippen LogP contribution >= 0.6 is 0 Å². The standard InChI is InChI=1S/C12H17N5O/c1-7(2)10-11(18)14-5-8(15-10)9-6-17-4-3-13-12(17)16-9/h3-4,6-8,10,15H,5H2,1-2H3,(H,13,16)(H,14,18)/t8?,10-/m0/s1. The predicted octanol–water partition coefficient (Wildman–Crippen LogP) is 0.447. The molecule has 18 heavy (non-hydrogen) atoms. The number of carbonyl (C=O) groups excluding carboxylic acids is 1. The van der Waals surface area contributed by atoms with Crippen LogP contribution in [0.4, 0.5) is 0 Å². The molecule has 6 nitrogen and oxygen atoms in total. The fourth-order valence-electron chi connectivity index (χ4n) is 2.36. The number of amides is 1. The first-order valence-electron chi connectivity index (χ1n) is 6.20. The zero-order valence-corrected chi connectivity index (χ0v) is 10.5. The summed E-state index contributed by atoms with van der Waals surface area (Å²) in [5, 5.41) is 6.33. The van der Waals surface area contributed by atoms with E-state index < -0.39 is 0 Å². The molecule has 2 atom stereocenters. The van der Waals surface area contributed by atoms with Crippen molar-refractivity contribution in [3.05, 3.63) is 24.3 Å². The molecule has 1 amide bonds. The van der Waals surface area contributed by atoms with E-state index in [1.165, 1.54) is 0 Å². The van der Waals surface area contributed by atoms with E-state index in [9.17, 15) is 4.79 Å². The molecule has 3 rings (SSSR count). The van der Waals surface area contributed by atoms with E-state index in [4.69, 9.17) is 0 Å². The maximum Gasteiger partial charge on any atom is 0.237 e. The first kappa shape index (κ1) is 11.3. The summed E-state index contributed by atoms with van der Waals surface area (Å²) in [6, 6.07) is -0.0313. The lowest BCUT2D eigenvalue weighted by atomic mass is 9.99. The Bertz CT molecular complexity index is 541. The molecule has 0 saturated carbocycles. The number of aromatic amines is 1. The molecular weight excluding hydrogens is 230 g/mol. The third-order valence-corrected chi connectivity index (χ3v) is 3.39. The van der Waals surface area contributed by atoms with Crippen LogP contribution in [-0.2, 0) is 4.79 Å². The number of H-pyrrole nitrogens is 1. The van der Waals surface area contributed by atoms with Gasteiger partial charge in [-0.15, -0.1) is 0 Å². The number of rotatable bonds is 2. The molecule has 6 heteroatoms. The van der Waals surface area contributed by atoms with Crippen LogP contribution < -0.4 is 10.6 Å². The summed E-state index contributed by atoms with van der Waals surface area (Å²) in [6.45, 7) is 4.69. The van der Waals surface area contributed by atoms with Crippen LogP contribution in [0.3, 0.4) is 0 Å². The number of piperazine rings is 1. The fourth-order valence-corrected chi connectivity index (χ4v) is 2.36. The highest BCUT2D eigenvalue weighted by atomic mass is 16.2. The van der Waals surface area contributed by atoms with Gasteiger partial charge >= 0.3 is 0 Å². The highest BCUT2D eigenvalue weighted by Crippen LogP contribution is 2.18. The highest BCUT2D eigenvalue weighted by Gasteiger charge is 2.31. The fraction of sp³-hybridized carbons (Fsp3) is 0.500. The minimum atomic E-state index is -0.139. The van der Waals surface area contributed by atoms with Crippen molar-refractivity contribution in [2.75, 3.05) is 6.54 Å². The summed E-state index contributed by atoms with van der Waals surface area (Å²) in [4.78, 5) is 19.2. The molecule has 1 aliphatic rings. The van der Waals surface area contributed by atoms with Gasteiger partial charge in [-0.3, -0.25) is 14.5 Å². The van der Waals surface area contributed by atoms with Gasteiger partial charge in [0, 0.05) is 25.1 Å². The van der Waals surface area contributed by atoms with Gasteiger partial charge in [-0.05, 0) is 5.92 Å². The number of nitrogens with zero attached hydrogens (tertiary/aromatic N) is 2. The number of imidazole rings is 2. The van der Waals surface area contributed by atoms with E-state index in [0.717, 1.165) is 11.5 Å². The Hall–Kier alpha value is -1.82. The van der Waals surface area contributed by atoms with Crippen molar-refractivity contribution in [2.24, 2.45) is 5.92 Å². The quantitative estimate of drug-likeness (QED) is 0.721. The molecule has 0 aliphatic carbocycles. The second kappa shape index (κ2) is 4.13. The number of hydrogen-bond acceptors (Lipinski definition) is 3. The summed E-state index contributed by atoms with van der Waals surface area (Å²) >= 11 is 0. The zero-order valence-electron chi connectivity index (χ0n) is 10.5. The van der Waals surface area contributed by atoms with Gasteiger partial charge in [0.05, 0.1) is 17.8 Å². The molecule has 1 aliphatic heterocycles. The van der Waals surface area contributed by atoms with Gasteiger partial charge in [0.15, 0.2) is 0 Å². The maximum absolute atomic E-state index is 11.7. The Morgan fingerprint density at radius 3 is 3.06 bits per heavy atom. The molecule has 1 fully saturated rings. The van der Waals surface area contributed by atoms with Crippen LogP contribution in [0.25, 0.3) is 5.78 Å². The Balaban J connectivity index is 1.84. The van der Waals surface area contributed by atoms with E-state index in [2.05, 4.69) is 20.6 Å². The number of fused-ring (bicyclic) bond motifs is 1. The molecular formula is C12H17N5O. The second-order valence-corrected chi connectivity index (χ2v) is 5.05. The van der Waals surface area contributed by atoms with Gasteiger partial charge in [-0.1, -0.05) is 13.8 Å². The zero-order chi connectivity index (χ0) is 12.7. The number of nitrogens with one attached hydrogen (secondary N) is 3. The average Bonchev–Trinajstić information content (AvgIpc) is 2.89. The first-order valence-corrected chi connectivity index (χ1v) is 6.20. The van der Waals surface area contributed by atoms with E-state index in [1.54, 1.807) is 6.20 Å². The van der Waals surface area contributed by atoms with Crippen molar-refractivity contribution in [3.8, 4) is 0 Å². The monoisotopic (exact) mass is 247 g/mol. The summed E-state index contributed by atoms with van der Waals surface area (Å²) < 4.78 is 1.94. The van der Waals surface area contributed by atoms with Crippen LogP contribution in [0.5, 0.6) is 0 Å². The van der Waals surface area contributed by atoms with Crippen molar-refractivity contribution in [1.82, 2.24) is 25.0 Å². The lowest BCUT2D eigenvalue weighted by Gasteiger charge is -2.32. The van der Waals surface area contributed by atoms with E-state index in [0.29, 0.717) is 6.54 Å². The maximum atomic E-state index is 11.7. The largest absolute Gasteiger partial charge is 0.353 e. The minimum Gasteiger partial charge on any atom is -0.353 e. The Morgan fingerprint density at radius 1 is 1.50 bits per heavy atom. The van der Waals surface area contributed by atoms with Crippen LogP contribution in [0.1, 0.15) is 25.6 Å². The second-order valence-electron chi connectivity index (χ2n) is 5.05. The normalized spacial score (nSPS) is 24.7. The molecule has 3 heterocycles. The molecule has 1 saturated heterocycles. The van der Waals surface area contributed by atoms with Crippen LogP contribution in [0.15, 0.2) is 18.6 Å². The Labute approximate surface area is 105 Å². The topological polar surface area (TPSA) is 74.2 Å². The van der Waals surface area contributed by atoms with Gasteiger partial charge in [0.25, 0.3) is 0 Å². The summed E-state index contributed by atoms with van der Waals surface area (Å²) in [6.07, 6.45) is 5.66. The van der Waals surface area contributed by atoms with Crippen LogP contribution in [0, 0.1) is 5.92 Å². The molecule has 0 radical (unpaired) electrons. The van der Waals surface area contributed by atoms with Crippen molar-refractivity contribution < 1.29 is 4.79 Å². The summed E-state index contributed by atoms with van der Waals surface area (Å²) in [7, 11) is 0. The van der Waals surface area contributed by atoms with Gasteiger partial charge in [-0.25, -0.2) is 4.98 Å². The molecule has 0 bridgehead atoms. The van der Waals surface area contributed by atoms with Crippen molar-refractivity contribution in [3.63, 3.8) is 0 Å².